The Morgan fingerprint density at radius 3 is 2.69 bits per heavy atom. The molecular weight excluding hydrogens is 565 g/mol. The molecule has 0 spiro atoms. The van der Waals surface area contributed by atoms with E-state index in [0.717, 1.165) is 31.2 Å². The van der Waals surface area contributed by atoms with E-state index >= 15 is 0 Å². The van der Waals surface area contributed by atoms with E-state index in [-0.39, 0.29) is 30.3 Å². The number of aliphatic hydroxyl groups is 2. The lowest BCUT2D eigenvalue weighted by molar-refractivity contribution is -0.126. The molecule has 10 nitrogen and oxygen atoms in total. The van der Waals surface area contributed by atoms with Crippen LogP contribution in [-0.2, 0) is 11.3 Å². The lowest BCUT2D eigenvalue weighted by atomic mass is 9.93. The Balaban J connectivity index is 1.30. The van der Waals surface area contributed by atoms with Crippen molar-refractivity contribution in [1.82, 2.24) is 20.2 Å². The summed E-state index contributed by atoms with van der Waals surface area (Å²) in [5, 5.41) is 26.0. The van der Waals surface area contributed by atoms with Gasteiger partial charge in [-0.25, -0.2) is 14.4 Å². The van der Waals surface area contributed by atoms with Gasteiger partial charge in [-0.15, -0.1) is 0 Å². The van der Waals surface area contributed by atoms with Crippen LogP contribution in [0.2, 0.25) is 5.02 Å². The highest BCUT2D eigenvalue weighted by Gasteiger charge is 2.35. The summed E-state index contributed by atoms with van der Waals surface area (Å²) >= 11 is 6.46. The Morgan fingerprint density at radius 2 is 1.98 bits per heavy atom. The van der Waals surface area contributed by atoms with Crippen LogP contribution in [0.4, 0.5) is 10.3 Å². The molecule has 0 unspecified atom stereocenters. The second-order valence-electron chi connectivity index (χ2n) is 10.7. The van der Waals surface area contributed by atoms with Crippen LogP contribution in [0.1, 0.15) is 60.1 Å². The van der Waals surface area contributed by atoms with Crippen molar-refractivity contribution in [2.24, 2.45) is 0 Å². The fraction of sp³-hybridized carbons (Fsp3) is 0.400. The van der Waals surface area contributed by atoms with Gasteiger partial charge in [-0.05, 0) is 61.9 Å². The first-order valence-corrected chi connectivity index (χ1v) is 14.2. The van der Waals surface area contributed by atoms with Crippen LogP contribution in [0.5, 0.6) is 5.75 Å². The van der Waals surface area contributed by atoms with Gasteiger partial charge >= 0.3 is 0 Å². The number of carbonyl (C=O) groups is 2. The third-order valence-corrected chi connectivity index (χ3v) is 8.14. The van der Waals surface area contributed by atoms with E-state index in [1.165, 1.54) is 36.4 Å². The fourth-order valence-corrected chi connectivity index (χ4v) is 5.60. The highest BCUT2D eigenvalue weighted by molar-refractivity contribution is 6.33. The number of nitrogens with one attached hydrogen (secondary N) is 2. The Hall–Kier alpha value is -3.80. The van der Waals surface area contributed by atoms with Crippen molar-refractivity contribution < 1.29 is 28.9 Å². The summed E-state index contributed by atoms with van der Waals surface area (Å²) in [5.41, 5.74) is 2.64. The predicted octanol–water partition coefficient (Wildman–Crippen LogP) is 3.85. The molecule has 0 radical (unpaired) electrons. The highest BCUT2D eigenvalue weighted by Crippen LogP contribution is 2.33. The highest BCUT2D eigenvalue weighted by atomic mass is 35.5. The van der Waals surface area contributed by atoms with E-state index in [2.05, 4.69) is 20.6 Å². The Labute approximate surface area is 247 Å². The minimum absolute atomic E-state index is 0.151. The molecule has 1 fully saturated rings. The van der Waals surface area contributed by atoms with E-state index in [1.54, 1.807) is 13.0 Å². The van der Waals surface area contributed by atoms with Gasteiger partial charge in [0.1, 0.15) is 17.6 Å². The molecule has 2 amide bonds. The number of halogens is 2. The lowest BCUT2D eigenvalue weighted by Crippen LogP contribution is -2.46. The largest absolute Gasteiger partial charge is 0.497 e. The van der Waals surface area contributed by atoms with Crippen LogP contribution in [-0.4, -0.2) is 68.8 Å². The summed E-state index contributed by atoms with van der Waals surface area (Å²) in [5.74, 6) is -0.710. The van der Waals surface area contributed by atoms with Gasteiger partial charge in [-0.3, -0.25) is 9.59 Å². The molecule has 0 saturated heterocycles. The number of hydrogen-bond donors (Lipinski definition) is 4. The fourth-order valence-electron chi connectivity index (χ4n) is 5.40. The first-order valence-electron chi connectivity index (χ1n) is 13.8. The molecule has 222 valence electrons. The molecule has 4 N–H and O–H groups in total. The molecule has 2 atom stereocenters. The minimum atomic E-state index is -0.891. The minimum Gasteiger partial charge on any atom is -0.497 e. The maximum atomic E-state index is 14.0. The summed E-state index contributed by atoms with van der Waals surface area (Å²) in [4.78, 5) is 37.0. The van der Waals surface area contributed by atoms with Crippen molar-refractivity contribution in [2.75, 3.05) is 19.0 Å². The maximum absolute atomic E-state index is 14.0. The van der Waals surface area contributed by atoms with Crippen LogP contribution in [0, 0.1) is 5.82 Å². The monoisotopic (exact) mass is 597 g/mol. The topological polar surface area (TPSA) is 137 Å². The van der Waals surface area contributed by atoms with Gasteiger partial charge in [-0.2, -0.15) is 0 Å². The second-order valence-corrected chi connectivity index (χ2v) is 11.1. The van der Waals surface area contributed by atoms with Gasteiger partial charge in [0.25, 0.3) is 5.91 Å². The van der Waals surface area contributed by atoms with Crippen molar-refractivity contribution in [3.8, 4) is 17.0 Å². The standard InChI is InChI=1S/C30H33ClFN5O5/c1-16(28(40)35-26(15-38)19-9-20(32)12-23(10-19)42-2)37-14-18-4-3-17(11-24(18)29(37)41)27-25(31)13-33-30(36-27)34-21-5-7-22(39)8-6-21/h3-4,9-13,16,21-22,26,38-39H,5-8,14-15H2,1-2H3,(H,35,40)(H,33,34,36)/t16-,21-,22-,26-/m1/s1. The average Bonchev–Trinajstić information content (AvgIpc) is 3.32. The molecule has 1 aliphatic carbocycles. The lowest BCUT2D eigenvalue weighted by Gasteiger charge is -2.26. The average molecular weight is 598 g/mol. The molecule has 42 heavy (non-hydrogen) atoms. The Bertz CT molecular complexity index is 1480. The van der Waals surface area contributed by atoms with E-state index in [1.807, 2.05) is 12.1 Å². The normalized spacial score (nSPS) is 19.7. The summed E-state index contributed by atoms with van der Waals surface area (Å²) in [6.07, 6.45) is 4.32. The third kappa shape index (κ3) is 6.33. The maximum Gasteiger partial charge on any atom is 0.255 e. The molecule has 3 aromatic rings. The molecule has 5 rings (SSSR count). The van der Waals surface area contributed by atoms with Crippen LogP contribution >= 0.6 is 11.6 Å². The number of aliphatic hydroxyl groups excluding tert-OH is 2. The van der Waals surface area contributed by atoms with Crippen molar-refractivity contribution in [1.29, 1.82) is 0 Å². The van der Waals surface area contributed by atoms with Gasteiger partial charge in [0.05, 0.1) is 42.8 Å². The van der Waals surface area contributed by atoms with Crippen LogP contribution < -0.4 is 15.4 Å². The molecule has 12 heteroatoms. The van der Waals surface area contributed by atoms with Gasteiger partial charge < -0.3 is 30.5 Å². The molecule has 2 aromatic carbocycles. The number of aromatic nitrogens is 2. The molecule has 2 aliphatic rings. The summed E-state index contributed by atoms with van der Waals surface area (Å²) < 4.78 is 19.1. The Kier molecular flexibility index (Phi) is 8.91. The van der Waals surface area contributed by atoms with E-state index in [4.69, 9.17) is 16.3 Å². The zero-order chi connectivity index (χ0) is 30.0. The van der Waals surface area contributed by atoms with Gasteiger partial charge in [0.15, 0.2) is 0 Å². The first kappa shape index (κ1) is 29.7. The quantitative estimate of drug-likeness (QED) is 0.292. The SMILES string of the molecule is COc1cc(F)cc([C@@H](CO)NC(=O)[C@@H](C)N2Cc3ccc(-c4nc(N[C@H]5CC[C@H](O)CC5)ncc4Cl)cc3C2=O)c1. The summed E-state index contributed by atoms with van der Waals surface area (Å²) in [6.45, 7) is 1.35. The van der Waals surface area contributed by atoms with Crippen molar-refractivity contribution in [2.45, 2.75) is 63.4 Å². The molecule has 0 bridgehead atoms. The third-order valence-electron chi connectivity index (χ3n) is 7.87. The molecule has 1 aliphatic heterocycles. The number of carbonyl (C=O) groups excluding carboxylic acids is 2. The number of ether oxygens (including phenoxy) is 1. The molecule has 1 aromatic heterocycles. The number of rotatable bonds is 9. The zero-order valence-electron chi connectivity index (χ0n) is 23.3. The Morgan fingerprint density at radius 1 is 1.21 bits per heavy atom. The van der Waals surface area contributed by atoms with E-state index < -0.39 is 30.4 Å². The first-order chi connectivity index (χ1) is 20.2. The van der Waals surface area contributed by atoms with Gasteiger partial charge in [0.2, 0.25) is 11.9 Å². The number of amides is 2. The predicted molar refractivity (Wildman–Crippen MR) is 155 cm³/mol. The van der Waals surface area contributed by atoms with Crippen molar-refractivity contribution in [3.63, 3.8) is 0 Å². The second kappa shape index (κ2) is 12.6. The summed E-state index contributed by atoms with van der Waals surface area (Å²) in [6, 6.07) is 7.70. The van der Waals surface area contributed by atoms with E-state index in [9.17, 15) is 24.2 Å². The number of fused-ring (bicyclic) bond motifs is 1. The molecular formula is C30H33ClFN5O5. The van der Waals surface area contributed by atoms with Gasteiger partial charge in [-0.1, -0.05) is 23.7 Å². The van der Waals surface area contributed by atoms with Crippen molar-refractivity contribution >= 4 is 29.4 Å². The van der Waals surface area contributed by atoms with Crippen LogP contribution in [0.15, 0.2) is 42.6 Å². The van der Waals surface area contributed by atoms with Crippen LogP contribution in [0.3, 0.4) is 0 Å². The summed E-state index contributed by atoms with van der Waals surface area (Å²) in [7, 11) is 1.40. The van der Waals surface area contributed by atoms with E-state index in [0.29, 0.717) is 33.4 Å². The number of hydrogen-bond acceptors (Lipinski definition) is 8. The number of methoxy groups -OCH3 is 1. The van der Waals surface area contributed by atoms with Gasteiger partial charge in [0, 0.05) is 29.8 Å². The number of nitrogens with zero attached hydrogens (tertiary/aromatic N) is 3. The number of anilines is 1. The van der Waals surface area contributed by atoms with Crippen molar-refractivity contribution in [3.05, 3.63) is 70.1 Å². The molecule has 2 heterocycles. The zero-order valence-corrected chi connectivity index (χ0v) is 24.1. The molecule has 1 saturated carbocycles. The smallest absolute Gasteiger partial charge is 0.255 e. The van der Waals surface area contributed by atoms with Crippen LogP contribution in [0.25, 0.3) is 11.3 Å². The number of benzene rings is 2.